The second kappa shape index (κ2) is 12.3. The van der Waals surface area contributed by atoms with Gasteiger partial charge in [-0.15, -0.1) is 0 Å². The number of nitrogens with zero attached hydrogens (tertiary/aromatic N) is 1. The number of nitro groups is 1. The molecule has 0 atom stereocenters. The molecule has 1 N–H and O–H groups in total. The summed E-state index contributed by atoms with van der Waals surface area (Å²) in [5.74, 6) is -0.0343. The van der Waals surface area contributed by atoms with Gasteiger partial charge in [-0.1, -0.05) is 44.9 Å². The van der Waals surface area contributed by atoms with Crippen LogP contribution in [-0.2, 0) is 4.79 Å². The number of non-ortho nitro benzene ring substituents is 1. The van der Waals surface area contributed by atoms with Gasteiger partial charge in [0.2, 0.25) is 0 Å². The zero-order valence-corrected chi connectivity index (χ0v) is 14.1. The lowest BCUT2D eigenvalue weighted by atomic mass is 10.1. The van der Waals surface area contributed by atoms with Crippen molar-refractivity contribution in [2.24, 2.45) is 0 Å². The maximum atomic E-state index is 10.5. The van der Waals surface area contributed by atoms with Crippen LogP contribution in [0.2, 0.25) is 0 Å². The topological polar surface area (TPSA) is 89.7 Å². The molecule has 0 unspecified atom stereocenters. The summed E-state index contributed by atoms with van der Waals surface area (Å²) < 4.78 is 5.56. The van der Waals surface area contributed by atoms with Crippen molar-refractivity contribution in [3.8, 4) is 5.75 Å². The smallest absolute Gasteiger partial charge is 0.303 e. The predicted molar refractivity (Wildman–Crippen MR) is 92.4 cm³/mol. The van der Waals surface area contributed by atoms with Gasteiger partial charge in [0.1, 0.15) is 5.75 Å². The van der Waals surface area contributed by atoms with E-state index >= 15 is 0 Å². The van der Waals surface area contributed by atoms with Crippen LogP contribution in [0.3, 0.4) is 0 Å². The van der Waals surface area contributed by atoms with Crippen LogP contribution in [0.15, 0.2) is 24.3 Å². The number of hydrogen-bond donors (Lipinski definition) is 1. The normalized spacial score (nSPS) is 10.5. The lowest BCUT2D eigenvalue weighted by Gasteiger charge is -2.06. The molecule has 0 bridgehead atoms. The Morgan fingerprint density at radius 2 is 1.42 bits per heavy atom. The summed E-state index contributed by atoms with van der Waals surface area (Å²) in [5.41, 5.74) is 0.0744. The number of nitro benzene ring substituents is 1. The van der Waals surface area contributed by atoms with Crippen LogP contribution in [0.1, 0.15) is 64.2 Å². The van der Waals surface area contributed by atoms with Gasteiger partial charge in [0.25, 0.3) is 5.69 Å². The van der Waals surface area contributed by atoms with Crippen molar-refractivity contribution in [2.75, 3.05) is 6.61 Å². The number of hydrogen-bond acceptors (Lipinski definition) is 4. The van der Waals surface area contributed by atoms with Gasteiger partial charge in [-0.05, 0) is 25.0 Å². The van der Waals surface area contributed by atoms with Gasteiger partial charge in [0.05, 0.1) is 11.5 Å². The molecule has 0 aromatic heterocycles. The Morgan fingerprint density at radius 1 is 0.917 bits per heavy atom. The first kappa shape index (κ1) is 19.9. The second-order valence-corrected chi connectivity index (χ2v) is 5.93. The lowest BCUT2D eigenvalue weighted by molar-refractivity contribution is -0.384. The first-order valence-electron chi connectivity index (χ1n) is 8.68. The fourth-order valence-electron chi connectivity index (χ4n) is 2.47. The van der Waals surface area contributed by atoms with Crippen molar-refractivity contribution in [3.63, 3.8) is 0 Å². The minimum Gasteiger partial charge on any atom is -0.494 e. The summed E-state index contributed by atoms with van der Waals surface area (Å²) >= 11 is 0. The monoisotopic (exact) mass is 337 g/mol. The van der Waals surface area contributed by atoms with Gasteiger partial charge in [-0.3, -0.25) is 14.9 Å². The molecule has 0 saturated heterocycles. The average molecular weight is 337 g/mol. The van der Waals surface area contributed by atoms with E-state index in [-0.39, 0.29) is 12.1 Å². The quantitative estimate of drug-likeness (QED) is 0.294. The number of rotatable bonds is 14. The molecule has 0 saturated carbocycles. The molecule has 1 rings (SSSR count). The largest absolute Gasteiger partial charge is 0.494 e. The fraction of sp³-hybridized carbons (Fsp3) is 0.611. The van der Waals surface area contributed by atoms with Crippen LogP contribution in [-0.4, -0.2) is 22.6 Å². The molecule has 6 heteroatoms. The molecule has 0 spiro atoms. The van der Waals surface area contributed by atoms with E-state index in [9.17, 15) is 14.9 Å². The van der Waals surface area contributed by atoms with Gasteiger partial charge in [0, 0.05) is 18.6 Å². The first-order valence-corrected chi connectivity index (χ1v) is 8.68. The van der Waals surface area contributed by atoms with Gasteiger partial charge in [-0.2, -0.15) is 0 Å². The molecule has 0 aliphatic carbocycles. The van der Waals surface area contributed by atoms with E-state index in [0.717, 1.165) is 32.1 Å². The lowest BCUT2D eigenvalue weighted by Crippen LogP contribution is -1.97. The van der Waals surface area contributed by atoms with Gasteiger partial charge in [-0.25, -0.2) is 0 Å². The number of benzene rings is 1. The maximum absolute atomic E-state index is 10.5. The Balaban J connectivity index is 1.90. The average Bonchev–Trinajstić information content (AvgIpc) is 2.56. The molecular formula is C18H27NO5. The summed E-state index contributed by atoms with van der Waals surface area (Å²) in [6, 6.07) is 6.16. The van der Waals surface area contributed by atoms with Crippen molar-refractivity contribution in [2.45, 2.75) is 64.2 Å². The SMILES string of the molecule is O=C(O)CCCCCCCCCCCOc1ccc([N+](=O)[O-])cc1. The van der Waals surface area contributed by atoms with Crippen molar-refractivity contribution < 1.29 is 19.6 Å². The summed E-state index contributed by atoms with van der Waals surface area (Å²) in [7, 11) is 0. The van der Waals surface area contributed by atoms with Crippen molar-refractivity contribution in [1.82, 2.24) is 0 Å². The highest BCUT2D eigenvalue weighted by Crippen LogP contribution is 2.17. The van der Waals surface area contributed by atoms with Crippen LogP contribution in [0, 0.1) is 10.1 Å². The highest BCUT2D eigenvalue weighted by Gasteiger charge is 2.04. The van der Waals surface area contributed by atoms with Gasteiger partial charge < -0.3 is 9.84 Å². The standard InChI is InChI=1S/C18H27NO5/c20-18(21)10-8-6-4-2-1-3-5-7-9-15-24-17-13-11-16(12-14-17)19(22)23/h11-14H,1-10,15H2,(H,20,21). The Hall–Kier alpha value is -2.11. The highest BCUT2D eigenvalue weighted by atomic mass is 16.6. The van der Waals surface area contributed by atoms with E-state index in [1.54, 1.807) is 12.1 Å². The number of aliphatic carboxylic acids is 1. The summed E-state index contributed by atoms with van der Waals surface area (Å²) in [5, 5.41) is 19.1. The van der Waals surface area contributed by atoms with Crippen LogP contribution >= 0.6 is 0 Å². The molecule has 1 aromatic rings. The number of carbonyl (C=O) groups is 1. The van der Waals surface area contributed by atoms with E-state index in [1.807, 2.05) is 0 Å². The second-order valence-electron chi connectivity index (χ2n) is 5.93. The van der Waals surface area contributed by atoms with Crippen LogP contribution < -0.4 is 4.74 Å². The van der Waals surface area contributed by atoms with Crippen molar-refractivity contribution in [3.05, 3.63) is 34.4 Å². The molecule has 0 amide bonds. The molecule has 0 fully saturated rings. The maximum Gasteiger partial charge on any atom is 0.303 e. The first-order chi connectivity index (χ1) is 11.6. The predicted octanol–water partition coefficient (Wildman–Crippen LogP) is 4.96. The Bertz CT molecular complexity index is 487. The zero-order valence-electron chi connectivity index (χ0n) is 14.1. The van der Waals surface area contributed by atoms with Gasteiger partial charge in [0.15, 0.2) is 0 Å². The Morgan fingerprint density at radius 3 is 1.92 bits per heavy atom. The number of carboxylic acid groups (broad SMARTS) is 1. The molecule has 0 aliphatic heterocycles. The number of unbranched alkanes of at least 4 members (excludes halogenated alkanes) is 8. The molecule has 24 heavy (non-hydrogen) atoms. The van der Waals surface area contributed by atoms with E-state index in [4.69, 9.17) is 9.84 Å². The van der Waals surface area contributed by atoms with E-state index in [0.29, 0.717) is 12.4 Å². The Kier molecular flexibility index (Phi) is 10.2. The van der Waals surface area contributed by atoms with E-state index in [2.05, 4.69) is 0 Å². The highest BCUT2D eigenvalue weighted by molar-refractivity contribution is 5.66. The molecule has 1 aromatic carbocycles. The summed E-state index contributed by atoms with van der Waals surface area (Å²) in [6.07, 6.45) is 10.1. The molecule has 0 radical (unpaired) electrons. The molecule has 0 aliphatic rings. The summed E-state index contributed by atoms with van der Waals surface area (Å²) in [4.78, 5) is 20.5. The molecule has 134 valence electrons. The third-order valence-corrected chi connectivity index (χ3v) is 3.85. The third kappa shape index (κ3) is 9.82. The third-order valence-electron chi connectivity index (χ3n) is 3.85. The zero-order chi connectivity index (χ0) is 17.6. The van der Waals surface area contributed by atoms with Crippen molar-refractivity contribution >= 4 is 11.7 Å². The summed E-state index contributed by atoms with van der Waals surface area (Å²) in [6.45, 7) is 0.632. The minimum absolute atomic E-state index is 0.0744. The Labute approximate surface area is 143 Å². The number of ether oxygens (including phenoxy) is 1. The van der Waals surface area contributed by atoms with Crippen LogP contribution in [0.5, 0.6) is 5.75 Å². The van der Waals surface area contributed by atoms with E-state index < -0.39 is 10.9 Å². The van der Waals surface area contributed by atoms with E-state index in [1.165, 1.54) is 37.8 Å². The van der Waals surface area contributed by atoms with Crippen LogP contribution in [0.25, 0.3) is 0 Å². The molecular weight excluding hydrogens is 310 g/mol. The molecule has 6 nitrogen and oxygen atoms in total. The van der Waals surface area contributed by atoms with Crippen molar-refractivity contribution in [1.29, 1.82) is 0 Å². The molecule has 0 heterocycles. The minimum atomic E-state index is -0.703. The number of carboxylic acids is 1. The van der Waals surface area contributed by atoms with Crippen LogP contribution in [0.4, 0.5) is 5.69 Å². The van der Waals surface area contributed by atoms with Gasteiger partial charge >= 0.3 is 5.97 Å². The fourth-order valence-corrected chi connectivity index (χ4v) is 2.47.